The first-order valence-corrected chi connectivity index (χ1v) is 8.04. The van der Waals surface area contributed by atoms with E-state index in [-0.39, 0.29) is 0 Å². The second kappa shape index (κ2) is 5.11. The van der Waals surface area contributed by atoms with Crippen molar-refractivity contribution in [3.8, 4) is 0 Å². The Morgan fingerprint density at radius 1 is 1.41 bits per heavy atom. The van der Waals surface area contributed by atoms with Crippen molar-refractivity contribution in [2.75, 3.05) is 6.54 Å². The van der Waals surface area contributed by atoms with Gasteiger partial charge in [0, 0.05) is 10.9 Å². The van der Waals surface area contributed by atoms with Gasteiger partial charge in [-0.3, -0.25) is 0 Å². The van der Waals surface area contributed by atoms with E-state index in [4.69, 9.17) is 0 Å². The second-order valence-corrected chi connectivity index (χ2v) is 6.65. The third-order valence-electron chi connectivity index (χ3n) is 4.69. The molecule has 1 heterocycles. The van der Waals surface area contributed by atoms with Crippen molar-refractivity contribution in [2.45, 2.75) is 45.1 Å². The number of hydrogen-bond acceptors (Lipinski definition) is 2. The first-order chi connectivity index (χ1) is 8.40. The third kappa shape index (κ3) is 2.43. The van der Waals surface area contributed by atoms with Gasteiger partial charge in [0.1, 0.15) is 0 Å². The number of fused-ring (bicyclic) bond motifs is 1. The van der Waals surface area contributed by atoms with Crippen molar-refractivity contribution in [1.29, 1.82) is 0 Å². The van der Waals surface area contributed by atoms with Crippen molar-refractivity contribution in [3.63, 3.8) is 0 Å². The molecule has 0 amide bonds. The highest BCUT2D eigenvalue weighted by atomic mass is 32.1. The summed E-state index contributed by atoms with van der Waals surface area (Å²) in [5.41, 5.74) is 0. The van der Waals surface area contributed by atoms with Gasteiger partial charge in [0.15, 0.2) is 0 Å². The zero-order chi connectivity index (χ0) is 11.7. The fraction of sp³-hybridized carbons (Fsp3) is 0.733. The van der Waals surface area contributed by atoms with Crippen LogP contribution < -0.4 is 5.32 Å². The Balaban J connectivity index is 1.54. The number of rotatable bonds is 6. The highest BCUT2D eigenvalue weighted by Gasteiger charge is 2.55. The van der Waals surface area contributed by atoms with Gasteiger partial charge in [-0.2, -0.15) is 0 Å². The van der Waals surface area contributed by atoms with Crippen LogP contribution in [-0.2, 0) is 6.42 Å². The quantitative estimate of drug-likeness (QED) is 0.810. The molecule has 94 valence electrons. The molecule has 0 bridgehead atoms. The molecule has 3 atom stereocenters. The summed E-state index contributed by atoms with van der Waals surface area (Å²) in [6, 6.07) is 5.24. The van der Waals surface area contributed by atoms with Crippen LogP contribution in [0.4, 0.5) is 0 Å². The van der Waals surface area contributed by atoms with Gasteiger partial charge in [0.2, 0.25) is 0 Å². The van der Waals surface area contributed by atoms with Crippen molar-refractivity contribution in [2.24, 2.45) is 17.8 Å². The largest absolute Gasteiger partial charge is 0.314 e. The van der Waals surface area contributed by atoms with E-state index >= 15 is 0 Å². The summed E-state index contributed by atoms with van der Waals surface area (Å²) in [7, 11) is 0. The summed E-state index contributed by atoms with van der Waals surface area (Å²) in [6.45, 7) is 3.38. The maximum absolute atomic E-state index is 3.74. The predicted molar refractivity (Wildman–Crippen MR) is 74.4 cm³/mol. The Morgan fingerprint density at radius 2 is 2.24 bits per heavy atom. The zero-order valence-electron chi connectivity index (χ0n) is 10.7. The average Bonchev–Trinajstić information content (AvgIpc) is 2.81. The smallest absolute Gasteiger partial charge is 0.0104 e. The van der Waals surface area contributed by atoms with E-state index in [1.54, 1.807) is 4.88 Å². The van der Waals surface area contributed by atoms with Crippen molar-refractivity contribution in [1.82, 2.24) is 5.32 Å². The molecule has 0 aromatic carbocycles. The minimum absolute atomic E-state index is 0.789. The van der Waals surface area contributed by atoms with E-state index < -0.39 is 0 Å². The first kappa shape index (κ1) is 11.7. The molecule has 1 aromatic rings. The van der Waals surface area contributed by atoms with E-state index in [9.17, 15) is 0 Å². The lowest BCUT2D eigenvalue weighted by Crippen LogP contribution is -2.33. The summed E-state index contributed by atoms with van der Waals surface area (Å²) >= 11 is 1.91. The van der Waals surface area contributed by atoms with Gasteiger partial charge in [-0.25, -0.2) is 0 Å². The fourth-order valence-corrected chi connectivity index (χ4v) is 4.64. The first-order valence-electron chi connectivity index (χ1n) is 7.16. The van der Waals surface area contributed by atoms with Crippen molar-refractivity contribution >= 4 is 11.3 Å². The van der Waals surface area contributed by atoms with Crippen LogP contribution in [0.3, 0.4) is 0 Å². The van der Waals surface area contributed by atoms with Gasteiger partial charge in [0.05, 0.1) is 0 Å². The Kier molecular flexibility index (Phi) is 3.53. The fourth-order valence-electron chi connectivity index (χ4n) is 3.92. The minimum atomic E-state index is 0.789. The van der Waals surface area contributed by atoms with Crippen LogP contribution in [0.5, 0.6) is 0 Å². The van der Waals surface area contributed by atoms with Gasteiger partial charge in [-0.15, -0.1) is 11.3 Å². The Morgan fingerprint density at radius 3 is 2.88 bits per heavy atom. The average molecular weight is 249 g/mol. The number of aryl methyl sites for hydroxylation is 1. The molecule has 3 rings (SSSR count). The van der Waals surface area contributed by atoms with Gasteiger partial charge in [0.25, 0.3) is 0 Å². The molecule has 2 heteroatoms. The van der Waals surface area contributed by atoms with Crippen LogP contribution in [0.15, 0.2) is 17.5 Å². The molecule has 0 spiro atoms. The lowest BCUT2D eigenvalue weighted by Gasteiger charge is -2.19. The topological polar surface area (TPSA) is 12.0 Å². The molecule has 0 saturated heterocycles. The summed E-state index contributed by atoms with van der Waals surface area (Å²) in [5, 5.41) is 5.94. The summed E-state index contributed by atoms with van der Waals surface area (Å²) < 4.78 is 0. The molecule has 2 fully saturated rings. The molecular formula is C15H23NS. The number of hydrogen-bond donors (Lipinski definition) is 1. The summed E-state index contributed by atoms with van der Waals surface area (Å²) in [6.07, 6.45) is 7.12. The standard InChI is InChI=1S/C15H23NS/c1-2-16-14(9-8-11-5-4-10-17-11)15-12-6-3-7-13(12)15/h4-5,10,12-16H,2-3,6-9H2,1H3. The van der Waals surface area contributed by atoms with Crippen molar-refractivity contribution in [3.05, 3.63) is 22.4 Å². The maximum atomic E-state index is 3.74. The third-order valence-corrected chi connectivity index (χ3v) is 5.62. The highest BCUT2D eigenvalue weighted by molar-refractivity contribution is 7.09. The van der Waals surface area contributed by atoms with E-state index in [0.717, 1.165) is 30.3 Å². The predicted octanol–water partition coefficient (Wildman–Crippen LogP) is 3.70. The molecule has 1 nitrogen and oxygen atoms in total. The lowest BCUT2D eigenvalue weighted by atomic mass is 9.99. The van der Waals surface area contributed by atoms with Gasteiger partial charge in [-0.1, -0.05) is 19.4 Å². The molecule has 1 aromatic heterocycles. The Labute approximate surface area is 109 Å². The Bertz CT molecular complexity index is 336. The summed E-state index contributed by atoms with van der Waals surface area (Å²) in [5.74, 6) is 3.19. The van der Waals surface area contributed by atoms with E-state index in [1.807, 2.05) is 11.3 Å². The SMILES string of the molecule is CCNC(CCc1cccs1)C1C2CCCC21. The highest BCUT2D eigenvalue weighted by Crippen LogP contribution is 2.59. The van der Waals surface area contributed by atoms with Crippen LogP contribution in [0, 0.1) is 17.8 Å². The van der Waals surface area contributed by atoms with Crippen molar-refractivity contribution < 1.29 is 0 Å². The number of nitrogens with one attached hydrogen (secondary N) is 1. The monoisotopic (exact) mass is 249 g/mol. The molecule has 0 radical (unpaired) electrons. The molecule has 2 aliphatic rings. The second-order valence-electron chi connectivity index (χ2n) is 5.62. The van der Waals surface area contributed by atoms with Crippen LogP contribution in [0.2, 0.25) is 0 Å². The number of thiophene rings is 1. The van der Waals surface area contributed by atoms with Crippen LogP contribution in [0.1, 0.15) is 37.5 Å². The van der Waals surface area contributed by atoms with E-state index in [0.29, 0.717) is 0 Å². The minimum Gasteiger partial charge on any atom is -0.314 e. The van der Waals surface area contributed by atoms with Gasteiger partial charge >= 0.3 is 0 Å². The Hall–Kier alpha value is -0.340. The van der Waals surface area contributed by atoms with E-state index in [1.165, 1.54) is 32.1 Å². The molecule has 2 saturated carbocycles. The van der Waals surface area contributed by atoms with Gasteiger partial charge in [-0.05, 0) is 61.4 Å². The zero-order valence-corrected chi connectivity index (χ0v) is 11.5. The molecule has 17 heavy (non-hydrogen) atoms. The molecule has 3 unspecified atom stereocenters. The molecular weight excluding hydrogens is 226 g/mol. The van der Waals surface area contributed by atoms with Crippen LogP contribution in [-0.4, -0.2) is 12.6 Å². The van der Waals surface area contributed by atoms with E-state index in [2.05, 4.69) is 29.8 Å². The molecule has 1 N–H and O–H groups in total. The normalized spacial score (nSPS) is 32.4. The van der Waals surface area contributed by atoms with Gasteiger partial charge < -0.3 is 5.32 Å². The van der Waals surface area contributed by atoms with Crippen LogP contribution >= 0.6 is 11.3 Å². The molecule has 2 aliphatic carbocycles. The maximum Gasteiger partial charge on any atom is 0.0104 e. The van der Waals surface area contributed by atoms with Crippen LogP contribution in [0.25, 0.3) is 0 Å². The lowest BCUT2D eigenvalue weighted by molar-refractivity contribution is 0.393. The molecule has 0 aliphatic heterocycles. The summed E-state index contributed by atoms with van der Waals surface area (Å²) in [4.78, 5) is 1.55.